The molecule has 21 nitrogen and oxygen atoms in total. The highest BCUT2D eigenvalue weighted by molar-refractivity contribution is 7.46. The molecule has 0 radical (unpaired) electrons. The number of amides is 2. The molecule has 2 rings (SSSR count). The fraction of sp³-hybridized carbons (Fsp3) is 0.849. The number of unbranched alkanes of at least 4 members (excludes halogenated alkanes) is 41. The lowest BCUT2D eigenvalue weighted by molar-refractivity contribution is -0.272. The van der Waals surface area contributed by atoms with E-state index in [1.54, 1.807) is 0 Å². The van der Waals surface area contributed by atoms with Gasteiger partial charge in [0.2, 0.25) is 11.8 Å². The number of aliphatic hydroxyl groups excluding tert-OH is 1. The zero-order valence-electron chi connectivity index (χ0n) is 68.2. The van der Waals surface area contributed by atoms with Crippen LogP contribution in [0.1, 0.15) is 400 Å². The second-order valence-electron chi connectivity index (χ2n) is 30.8. The highest BCUT2D eigenvalue weighted by atomic mass is 31.2. The Morgan fingerprint density at radius 2 is 0.778 bits per heavy atom. The number of hydrogen-bond acceptors (Lipinski definition) is 16. The lowest BCUT2D eigenvalue weighted by atomic mass is 9.95. The third-order valence-electron chi connectivity index (χ3n) is 20.7. The summed E-state index contributed by atoms with van der Waals surface area (Å²) in [4.78, 5) is 119. The third kappa shape index (κ3) is 54.2. The molecule has 6 N–H and O–H groups in total. The summed E-state index contributed by atoms with van der Waals surface area (Å²) in [5, 5.41) is 27.0. The van der Waals surface area contributed by atoms with Gasteiger partial charge in [0.15, 0.2) is 18.4 Å². The molecule has 1 aliphatic heterocycles. The molecule has 22 heteroatoms. The highest BCUT2D eigenvalue weighted by Crippen LogP contribution is 2.42. The van der Waals surface area contributed by atoms with Gasteiger partial charge in [-0.25, -0.2) is 9.36 Å². The van der Waals surface area contributed by atoms with Gasteiger partial charge in [-0.2, -0.15) is 0 Å². The summed E-state index contributed by atoms with van der Waals surface area (Å²) in [6, 6.07) is 6.74. The number of ether oxygens (including phenoxy) is 6. The van der Waals surface area contributed by atoms with E-state index in [1.807, 2.05) is 18.2 Å². The molecule has 0 spiro atoms. The lowest BCUT2D eigenvalue weighted by Gasteiger charge is -2.45. The minimum absolute atomic E-state index is 0.107. The van der Waals surface area contributed by atoms with E-state index in [2.05, 4.69) is 57.4 Å². The molecule has 108 heavy (non-hydrogen) atoms. The number of nitrogens with one attached hydrogen (secondary N) is 2. The Morgan fingerprint density at radius 1 is 0.435 bits per heavy atom. The van der Waals surface area contributed by atoms with Gasteiger partial charge in [-0.05, 0) is 76.2 Å². The maximum absolute atomic E-state index is 14.9. The zero-order valence-corrected chi connectivity index (χ0v) is 69.1. The van der Waals surface area contributed by atoms with Crippen molar-refractivity contribution in [2.24, 2.45) is 0 Å². The number of carboxylic acids is 1. The number of benzene rings is 1. The topological polar surface area (TPSA) is 306 Å². The van der Waals surface area contributed by atoms with E-state index >= 15 is 0 Å². The van der Waals surface area contributed by atoms with Crippen molar-refractivity contribution in [1.82, 2.24) is 10.6 Å². The van der Waals surface area contributed by atoms with Gasteiger partial charge in [0.1, 0.15) is 36.6 Å². The molecule has 0 bridgehead atoms. The lowest BCUT2D eigenvalue weighted by Crippen LogP contribution is -2.66. The van der Waals surface area contributed by atoms with Crippen molar-refractivity contribution in [2.45, 2.75) is 456 Å². The van der Waals surface area contributed by atoms with Crippen LogP contribution in [0.25, 0.3) is 0 Å². The second kappa shape index (κ2) is 67.0. The number of aliphatic hydroxyl groups is 1. The third-order valence-corrected chi connectivity index (χ3v) is 21.2. The summed E-state index contributed by atoms with van der Waals surface area (Å²) in [5.74, 6) is -5.56. The zero-order chi connectivity index (χ0) is 78.9. The molecule has 1 aromatic rings. The highest BCUT2D eigenvalue weighted by Gasteiger charge is 2.52. The standard InChI is InChI=1S/C86H153N2O19P/c1-6-11-16-21-26-29-34-40-50-59-71(102-78(92)62-53-43-32-24-19-14-9-4)65-76(90)87-74(85(96)97)69-101-86-82(88-77(91)66-72(60-51-41-35-30-27-22-17-12-7-2)103-79(93)63-54-44-33-25-20-15-10-5)84(83(75(68-89)105-86)107-108(98,99)100)106-81(95)67-73(61-52-42-36-31-28-23-18-13-8-3)104-80(94)64-55-45-38-37-39-47-56-70-57-48-46-49-58-70/h46,48-49,57-58,71-75,82-84,86,89H,6-45,47,50-56,59-69H2,1-5H3,(H,87,90)(H,88,91)(H,96,97)(H2,98,99,100)/t71-,72-,73-,74-,75?,82?,83?,84?,86?/m1/s1. The first-order valence-corrected chi connectivity index (χ1v) is 45.1. The van der Waals surface area contributed by atoms with E-state index < -0.39 is 131 Å². The van der Waals surface area contributed by atoms with Crippen LogP contribution in [-0.2, 0) is 77.5 Å². The predicted octanol–water partition coefficient (Wildman–Crippen LogP) is 20.1. The largest absolute Gasteiger partial charge is 0.480 e. The molecule has 1 fully saturated rings. The van der Waals surface area contributed by atoms with Crippen LogP contribution in [0.2, 0.25) is 0 Å². The fourth-order valence-electron chi connectivity index (χ4n) is 14.2. The number of phosphoric ester groups is 1. The molecule has 9 atom stereocenters. The van der Waals surface area contributed by atoms with Crippen LogP contribution >= 0.6 is 7.82 Å². The number of hydrogen-bond donors (Lipinski definition) is 6. The van der Waals surface area contributed by atoms with Crippen LogP contribution in [0.4, 0.5) is 0 Å². The SMILES string of the molecule is CCCCCCCCCCC[C@H](CC(=O)NC1C(OC[C@@H](NC(=O)C[C@@H](CCCCCCCCCCC)OC(=O)CCCCCCCCC)C(=O)O)OC(CO)C(OP(=O)(O)O)C1OC(=O)C[C@@H](CCCCCCCCCCC)OC(=O)CCCCCCCCc1ccccc1)OC(=O)CCCCCCCCC. The number of rotatable bonds is 74. The van der Waals surface area contributed by atoms with E-state index in [9.17, 15) is 58.1 Å². The number of carboxylic acid groups (broad SMARTS) is 1. The van der Waals surface area contributed by atoms with Crippen LogP contribution in [0.3, 0.4) is 0 Å². The Kier molecular flexibility index (Phi) is 61.8. The quantitative estimate of drug-likeness (QED) is 0.0153. The Bertz CT molecular complexity index is 2470. The Balaban J connectivity index is 2.62. The molecular weight excluding hydrogens is 1400 g/mol. The first-order chi connectivity index (χ1) is 52.4. The van der Waals surface area contributed by atoms with E-state index in [-0.39, 0.29) is 32.1 Å². The van der Waals surface area contributed by atoms with Gasteiger partial charge >= 0.3 is 37.7 Å². The fourth-order valence-corrected chi connectivity index (χ4v) is 14.8. The van der Waals surface area contributed by atoms with Crippen molar-refractivity contribution >= 4 is 49.5 Å². The van der Waals surface area contributed by atoms with Crippen molar-refractivity contribution in [2.75, 3.05) is 13.2 Å². The van der Waals surface area contributed by atoms with Gasteiger partial charge in [0.25, 0.3) is 0 Å². The van der Waals surface area contributed by atoms with E-state index in [0.717, 1.165) is 225 Å². The summed E-state index contributed by atoms with van der Waals surface area (Å²) in [7, 11) is -5.58. The first kappa shape index (κ1) is 99.6. The summed E-state index contributed by atoms with van der Waals surface area (Å²) < 4.78 is 55.1. The smallest absolute Gasteiger partial charge is 0.470 e. The van der Waals surface area contributed by atoms with Crippen LogP contribution in [-0.4, -0.2) is 130 Å². The summed E-state index contributed by atoms with van der Waals surface area (Å²) in [6.07, 6.45) is 37.5. The maximum Gasteiger partial charge on any atom is 0.470 e. The predicted molar refractivity (Wildman–Crippen MR) is 427 cm³/mol. The molecule has 1 saturated heterocycles. The van der Waals surface area contributed by atoms with Crippen LogP contribution < -0.4 is 10.6 Å². The van der Waals surface area contributed by atoms with Gasteiger partial charge in [-0.3, -0.25) is 33.3 Å². The van der Waals surface area contributed by atoms with Crippen molar-refractivity contribution in [3.05, 3.63) is 35.9 Å². The number of aryl methyl sites for hydroxylation is 1. The molecule has 0 aliphatic carbocycles. The molecule has 1 aromatic carbocycles. The molecule has 0 aromatic heterocycles. The van der Waals surface area contributed by atoms with Crippen LogP contribution in [0, 0.1) is 0 Å². The Labute approximate surface area is 652 Å². The van der Waals surface area contributed by atoms with Gasteiger partial charge in [-0.15, -0.1) is 0 Å². The minimum Gasteiger partial charge on any atom is -0.480 e. The molecule has 1 aliphatic rings. The molecule has 5 unspecified atom stereocenters. The summed E-state index contributed by atoms with van der Waals surface area (Å²) in [6.45, 7) is 8.95. The number of phosphoric acid groups is 1. The second-order valence-corrected chi connectivity index (χ2v) is 32.0. The average molecular weight is 1550 g/mol. The van der Waals surface area contributed by atoms with Crippen molar-refractivity contribution in [3.8, 4) is 0 Å². The van der Waals surface area contributed by atoms with E-state index in [4.69, 9.17) is 32.9 Å². The number of aliphatic carboxylic acids is 1. The van der Waals surface area contributed by atoms with E-state index in [0.29, 0.717) is 51.4 Å². The molecular formula is C86H153N2O19P. The average Bonchev–Trinajstić information content (AvgIpc) is 0.780. The van der Waals surface area contributed by atoms with Crippen molar-refractivity contribution in [3.63, 3.8) is 0 Å². The minimum atomic E-state index is -5.58. The van der Waals surface area contributed by atoms with Gasteiger partial charge in [0.05, 0.1) is 32.5 Å². The Morgan fingerprint density at radius 3 is 1.14 bits per heavy atom. The molecule has 626 valence electrons. The number of carbonyl (C=O) groups excluding carboxylic acids is 6. The van der Waals surface area contributed by atoms with Crippen molar-refractivity contribution < 1.29 is 91.1 Å². The number of carbonyl (C=O) groups is 7. The van der Waals surface area contributed by atoms with Crippen LogP contribution in [0.5, 0.6) is 0 Å². The molecule has 2 amide bonds. The normalized spacial score (nSPS) is 17.0. The monoisotopic (exact) mass is 1550 g/mol. The molecule has 0 saturated carbocycles. The molecule has 1 heterocycles. The van der Waals surface area contributed by atoms with E-state index in [1.165, 1.54) is 50.5 Å². The van der Waals surface area contributed by atoms with Crippen LogP contribution in [0.15, 0.2) is 30.3 Å². The summed E-state index contributed by atoms with van der Waals surface area (Å²) in [5.41, 5.74) is 1.30. The maximum atomic E-state index is 14.9. The first-order valence-electron chi connectivity index (χ1n) is 43.6. The Hall–Kier alpha value is -4.50. The number of esters is 4. The van der Waals surface area contributed by atoms with Gasteiger partial charge < -0.3 is 59.1 Å². The van der Waals surface area contributed by atoms with Gasteiger partial charge in [0, 0.05) is 19.3 Å². The van der Waals surface area contributed by atoms with Gasteiger partial charge in [-0.1, -0.05) is 322 Å². The van der Waals surface area contributed by atoms with Crippen molar-refractivity contribution in [1.29, 1.82) is 0 Å². The summed E-state index contributed by atoms with van der Waals surface area (Å²) >= 11 is 0.